The van der Waals surface area contributed by atoms with Crippen molar-refractivity contribution in [3.63, 3.8) is 0 Å². The number of hydrogen-bond acceptors (Lipinski definition) is 5. The number of hydrogen-bond donors (Lipinski definition) is 1. The van der Waals surface area contributed by atoms with E-state index in [9.17, 15) is 19.2 Å². The van der Waals surface area contributed by atoms with Gasteiger partial charge < -0.3 is 10.1 Å². The van der Waals surface area contributed by atoms with Crippen LogP contribution in [0.4, 0.5) is 5.69 Å². The number of nitrogens with one attached hydrogen (secondary N) is 1. The molecule has 1 aromatic rings. The van der Waals surface area contributed by atoms with Gasteiger partial charge in [-0.2, -0.15) is 0 Å². The van der Waals surface area contributed by atoms with E-state index in [1.165, 1.54) is 19.2 Å². The minimum atomic E-state index is -0.464. The Hall–Kier alpha value is -2.70. The summed E-state index contributed by atoms with van der Waals surface area (Å²) < 4.78 is 4.61. The lowest BCUT2D eigenvalue weighted by Crippen LogP contribution is -2.38. The van der Waals surface area contributed by atoms with Crippen molar-refractivity contribution >= 4 is 29.4 Å². The van der Waals surface area contributed by atoms with E-state index in [1.807, 2.05) is 0 Å². The van der Waals surface area contributed by atoms with Crippen molar-refractivity contribution in [1.82, 2.24) is 4.90 Å². The van der Waals surface area contributed by atoms with Gasteiger partial charge in [-0.15, -0.1) is 0 Å². The molecule has 2 atom stereocenters. The number of esters is 1. The minimum Gasteiger partial charge on any atom is -0.465 e. The quantitative estimate of drug-likeness (QED) is 0.661. The molecule has 0 spiro atoms. The van der Waals surface area contributed by atoms with Gasteiger partial charge in [0.05, 0.1) is 24.5 Å². The van der Waals surface area contributed by atoms with Crippen molar-refractivity contribution in [3.05, 3.63) is 29.8 Å². The maximum absolute atomic E-state index is 12.4. The zero-order valence-electron chi connectivity index (χ0n) is 14.0. The van der Waals surface area contributed by atoms with E-state index in [-0.39, 0.29) is 30.2 Å². The number of anilines is 1. The standard InChI is InChI=1S/C18H20N2O5/c1-25-18(24)11-6-8-12(9-7-11)19-15(21)10-20-16(22)13-4-2-3-5-14(13)17(20)23/h6-9,13-14H,2-5,10H2,1H3,(H,19,21)/t13-,14-/m0/s1. The number of fused-ring (bicyclic) bond motifs is 1. The lowest BCUT2D eigenvalue weighted by Gasteiger charge is -2.19. The Kier molecular flexibility index (Phi) is 4.83. The third-order valence-electron chi connectivity index (χ3n) is 4.82. The smallest absolute Gasteiger partial charge is 0.337 e. The number of nitrogens with zero attached hydrogens (tertiary/aromatic N) is 1. The molecule has 1 heterocycles. The SMILES string of the molecule is COC(=O)c1ccc(NC(=O)CN2C(=O)[C@H]3CCCC[C@@H]3C2=O)cc1. The Morgan fingerprint density at radius 1 is 1.08 bits per heavy atom. The first kappa shape index (κ1) is 17.1. The highest BCUT2D eigenvalue weighted by Crippen LogP contribution is 2.37. The first-order valence-electron chi connectivity index (χ1n) is 8.34. The van der Waals surface area contributed by atoms with Crippen molar-refractivity contribution in [2.24, 2.45) is 11.8 Å². The van der Waals surface area contributed by atoms with E-state index in [0.29, 0.717) is 11.3 Å². The molecule has 0 aromatic heterocycles. The summed E-state index contributed by atoms with van der Waals surface area (Å²) in [4.78, 5) is 49.4. The summed E-state index contributed by atoms with van der Waals surface area (Å²) in [5.74, 6) is -1.88. The van der Waals surface area contributed by atoms with E-state index >= 15 is 0 Å². The molecule has 0 radical (unpaired) electrons. The summed E-state index contributed by atoms with van der Waals surface area (Å²) in [5.41, 5.74) is 0.851. The molecule has 132 valence electrons. The lowest BCUT2D eigenvalue weighted by atomic mass is 9.81. The maximum atomic E-state index is 12.4. The summed E-state index contributed by atoms with van der Waals surface area (Å²) in [6.07, 6.45) is 3.35. The summed E-state index contributed by atoms with van der Waals surface area (Å²) in [6.45, 7) is -0.274. The predicted molar refractivity (Wildman–Crippen MR) is 88.6 cm³/mol. The second kappa shape index (κ2) is 7.04. The molecule has 3 amide bonds. The van der Waals surface area contributed by atoms with Crippen LogP contribution in [0, 0.1) is 11.8 Å². The van der Waals surface area contributed by atoms with E-state index in [2.05, 4.69) is 10.1 Å². The van der Waals surface area contributed by atoms with Crippen molar-refractivity contribution in [3.8, 4) is 0 Å². The summed E-state index contributed by atoms with van der Waals surface area (Å²) in [5, 5.41) is 2.64. The third-order valence-corrected chi connectivity index (χ3v) is 4.82. The van der Waals surface area contributed by atoms with Gasteiger partial charge in [-0.25, -0.2) is 4.79 Å². The van der Waals surface area contributed by atoms with Crippen LogP contribution in [0.15, 0.2) is 24.3 Å². The molecular weight excluding hydrogens is 324 g/mol. The molecule has 25 heavy (non-hydrogen) atoms. The van der Waals surface area contributed by atoms with Crippen molar-refractivity contribution in [2.75, 3.05) is 19.0 Å². The van der Waals surface area contributed by atoms with Gasteiger partial charge in [0.15, 0.2) is 0 Å². The second-order valence-electron chi connectivity index (χ2n) is 6.38. The van der Waals surface area contributed by atoms with Gasteiger partial charge in [-0.05, 0) is 37.1 Å². The number of carbonyl (C=O) groups is 4. The number of likely N-dealkylation sites (tertiary alicyclic amines) is 1. The Labute approximate surface area is 145 Å². The molecule has 1 aliphatic heterocycles. The van der Waals surface area contributed by atoms with Crippen LogP contribution in [0.2, 0.25) is 0 Å². The van der Waals surface area contributed by atoms with Gasteiger partial charge in [-0.3, -0.25) is 19.3 Å². The van der Waals surface area contributed by atoms with Gasteiger partial charge in [0.1, 0.15) is 6.54 Å². The second-order valence-corrected chi connectivity index (χ2v) is 6.38. The largest absolute Gasteiger partial charge is 0.465 e. The fraction of sp³-hybridized carbons (Fsp3) is 0.444. The first-order chi connectivity index (χ1) is 12.0. The zero-order valence-corrected chi connectivity index (χ0v) is 14.0. The molecule has 2 aliphatic rings. The molecule has 1 aliphatic carbocycles. The normalized spacial score (nSPS) is 22.5. The Morgan fingerprint density at radius 2 is 1.64 bits per heavy atom. The van der Waals surface area contributed by atoms with Gasteiger partial charge in [0, 0.05) is 5.69 Å². The molecule has 1 aromatic carbocycles. The van der Waals surface area contributed by atoms with Crippen molar-refractivity contribution < 1.29 is 23.9 Å². The van der Waals surface area contributed by atoms with Gasteiger partial charge in [-0.1, -0.05) is 12.8 Å². The van der Waals surface area contributed by atoms with Crippen LogP contribution in [-0.2, 0) is 19.1 Å². The number of ether oxygens (including phenoxy) is 1. The van der Waals surface area contributed by atoms with Gasteiger partial charge >= 0.3 is 5.97 Å². The fourth-order valence-corrected chi connectivity index (χ4v) is 3.54. The van der Waals surface area contributed by atoms with Crippen molar-refractivity contribution in [1.29, 1.82) is 0 Å². The van der Waals surface area contributed by atoms with Crippen LogP contribution in [-0.4, -0.2) is 42.2 Å². The average molecular weight is 344 g/mol. The number of methoxy groups -OCH3 is 1. The summed E-state index contributed by atoms with van der Waals surface area (Å²) in [6, 6.07) is 6.19. The summed E-state index contributed by atoms with van der Waals surface area (Å²) >= 11 is 0. The number of amides is 3. The fourth-order valence-electron chi connectivity index (χ4n) is 3.54. The topological polar surface area (TPSA) is 92.8 Å². The predicted octanol–water partition coefficient (Wildman–Crippen LogP) is 1.59. The average Bonchev–Trinajstić information content (AvgIpc) is 2.87. The van der Waals surface area contributed by atoms with Crippen LogP contribution in [0.5, 0.6) is 0 Å². The number of benzene rings is 1. The summed E-state index contributed by atoms with van der Waals surface area (Å²) in [7, 11) is 1.29. The van der Waals surface area contributed by atoms with Gasteiger partial charge in [0.25, 0.3) is 0 Å². The number of imide groups is 1. The van der Waals surface area contributed by atoms with Crippen LogP contribution in [0.3, 0.4) is 0 Å². The Morgan fingerprint density at radius 3 is 2.16 bits per heavy atom. The monoisotopic (exact) mass is 344 g/mol. The van der Waals surface area contributed by atoms with Crippen LogP contribution < -0.4 is 5.32 Å². The Balaban J connectivity index is 1.61. The van der Waals surface area contributed by atoms with Crippen molar-refractivity contribution in [2.45, 2.75) is 25.7 Å². The molecule has 0 bridgehead atoms. The van der Waals surface area contributed by atoms with E-state index in [4.69, 9.17) is 0 Å². The molecule has 3 rings (SSSR count). The van der Waals surface area contributed by atoms with Crippen LogP contribution in [0.25, 0.3) is 0 Å². The Bertz CT molecular complexity index is 689. The molecule has 7 heteroatoms. The van der Waals surface area contributed by atoms with E-state index < -0.39 is 11.9 Å². The first-order valence-corrected chi connectivity index (χ1v) is 8.34. The van der Waals surface area contributed by atoms with Crippen LogP contribution >= 0.6 is 0 Å². The molecule has 1 saturated carbocycles. The molecular formula is C18H20N2O5. The molecule has 0 unspecified atom stereocenters. The minimum absolute atomic E-state index is 0.231. The van der Waals surface area contributed by atoms with Gasteiger partial charge in [0.2, 0.25) is 17.7 Å². The zero-order chi connectivity index (χ0) is 18.0. The van der Waals surface area contributed by atoms with Crippen LogP contribution in [0.1, 0.15) is 36.0 Å². The number of rotatable bonds is 4. The molecule has 1 saturated heterocycles. The third kappa shape index (κ3) is 3.40. The molecule has 7 nitrogen and oxygen atoms in total. The molecule has 2 fully saturated rings. The molecule has 1 N–H and O–H groups in total. The highest BCUT2D eigenvalue weighted by atomic mass is 16.5. The highest BCUT2D eigenvalue weighted by molar-refractivity contribution is 6.08. The van der Waals surface area contributed by atoms with E-state index in [1.54, 1.807) is 12.1 Å². The van der Waals surface area contributed by atoms with E-state index in [0.717, 1.165) is 30.6 Å². The lowest BCUT2D eigenvalue weighted by molar-refractivity contribution is -0.142. The number of carbonyl (C=O) groups excluding carboxylic acids is 4. The highest BCUT2D eigenvalue weighted by Gasteiger charge is 2.48. The maximum Gasteiger partial charge on any atom is 0.337 e.